The molecule has 0 amide bonds. The highest BCUT2D eigenvalue weighted by Crippen LogP contribution is 2.27. The van der Waals surface area contributed by atoms with Crippen LogP contribution in [-0.4, -0.2) is 25.9 Å². The summed E-state index contributed by atoms with van der Waals surface area (Å²) in [7, 11) is -0.983. The molecular weight excluding hydrogens is 174 g/mol. The molecule has 0 saturated carbocycles. The van der Waals surface area contributed by atoms with E-state index in [4.69, 9.17) is 0 Å². The number of rotatable bonds is 4. The van der Waals surface area contributed by atoms with Gasteiger partial charge in [-0.25, -0.2) is 0 Å². The zero-order valence-electron chi connectivity index (χ0n) is 9.60. The van der Waals surface area contributed by atoms with E-state index in [9.17, 15) is 0 Å². The molecule has 1 aliphatic heterocycles. The summed E-state index contributed by atoms with van der Waals surface area (Å²) in [5.74, 6) is 0. The van der Waals surface area contributed by atoms with E-state index >= 15 is 0 Å². The molecule has 0 bridgehead atoms. The zero-order chi connectivity index (χ0) is 9.73. The second kappa shape index (κ2) is 5.16. The number of piperidine rings is 1. The normalized spacial score (nSPS) is 20.5. The van der Waals surface area contributed by atoms with Gasteiger partial charge in [0.25, 0.3) is 0 Å². The highest BCUT2D eigenvalue weighted by atomic mass is 28.3. The predicted octanol–water partition coefficient (Wildman–Crippen LogP) is 3.48. The lowest BCUT2D eigenvalue weighted by atomic mass is 10.2. The Kier molecular flexibility index (Phi) is 4.46. The summed E-state index contributed by atoms with van der Waals surface area (Å²) in [5, 5.41) is 0. The van der Waals surface area contributed by atoms with E-state index in [1.54, 1.807) is 0 Å². The van der Waals surface area contributed by atoms with Crippen LogP contribution in [0.4, 0.5) is 0 Å². The molecule has 0 aromatic heterocycles. The smallest absolute Gasteiger partial charge is 0.127 e. The van der Waals surface area contributed by atoms with Crippen molar-refractivity contribution >= 4 is 8.24 Å². The van der Waals surface area contributed by atoms with Gasteiger partial charge in [-0.15, -0.1) is 0 Å². The van der Waals surface area contributed by atoms with Gasteiger partial charge >= 0.3 is 0 Å². The number of nitrogens with zero attached hydrogens (tertiary/aromatic N) is 1. The van der Waals surface area contributed by atoms with Crippen LogP contribution in [0.1, 0.15) is 40.0 Å². The summed E-state index contributed by atoms with van der Waals surface area (Å²) >= 11 is 0. The molecule has 0 unspecified atom stereocenters. The average Bonchev–Trinajstić information content (AvgIpc) is 2.23. The Morgan fingerprint density at radius 2 is 1.31 bits per heavy atom. The molecule has 2 heteroatoms. The molecule has 0 atom stereocenters. The Balaban J connectivity index is 2.60. The zero-order valence-corrected chi connectivity index (χ0v) is 10.6. The van der Waals surface area contributed by atoms with Crippen molar-refractivity contribution in [3.63, 3.8) is 0 Å². The molecule has 13 heavy (non-hydrogen) atoms. The van der Waals surface area contributed by atoms with Crippen molar-refractivity contribution in [3.8, 4) is 0 Å². The SMILES string of the molecule is CC[Si](CC)(CC)N1CCCCC1. The molecule has 1 saturated heterocycles. The van der Waals surface area contributed by atoms with Gasteiger partial charge in [0, 0.05) is 0 Å². The quantitative estimate of drug-likeness (QED) is 0.627. The van der Waals surface area contributed by atoms with Gasteiger partial charge in [0.15, 0.2) is 0 Å². The highest BCUT2D eigenvalue weighted by Gasteiger charge is 2.34. The van der Waals surface area contributed by atoms with E-state index < -0.39 is 8.24 Å². The third-order valence-electron chi connectivity index (χ3n) is 4.00. The van der Waals surface area contributed by atoms with E-state index in [1.165, 1.54) is 50.5 Å². The fraction of sp³-hybridized carbons (Fsp3) is 1.00. The first kappa shape index (κ1) is 11.3. The summed E-state index contributed by atoms with van der Waals surface area (Å²) in [6.45, 7) is 10.0. The van der Waals surface area contributed by atoms with E-state index in [0.29, 0.717) is 0 Å². The summed E-state index contributed by atoms with van der Waals surface area (Å²) in [5.41, 5.74) is 0. The Bertz CT molecular complexity index is 129. The molecular formula is C11H25NSi. The van der Waals surface area contributed by atoms with Gasteiger partial charge in [-0.1, -0.05) is 27.2 Å². The van der Waals surface area contributed by atoms with Crippen molar-refractivity contribution in [3.05, 3.63) is 0 Å². The minimum atomic E-state index is -0.983. The lowest BCUT2D eigenvalue weighted by molar-refractivity contribution is 0.338. The van der Waals surface area contributed by atoms with Gasteiger partial charge in [0.1, 0.15) is 8.24 Å². The van der Waals surface area contributed by atoms with Crippen LogP contribution in [0, 0.1) is 0 Å². The lowest BCUT2D eigenvalue weighted by Gasteiger charge is -2.43. The van der Waals surface area contributed by atoms with Crippen LogP contribution in [0.2, 0.25) is 18.1 Å². The van der Waals surface area contributed by atoms with Crippen LogP contribution in [0.15, 0.2) is 0 Å². The molecule has 1 heterocycles. The van der Waals surface area contributed by atoms with Crippen molar-refractivity contribution in [2.75, 3.05) is 13.1 Å². The second-order valence-corrected chi connectivity index (χ2v) is 9.54. The minimum absolute atomic E-state index is 0.983. The van der Waals surface area contributed by atoms with Crippen LogP contribution >= 0.6 is 0 Å². The molecule has 1 nitrogen and oxygen atoms in total. The van der Waals surface area contributed by atoms with Crippen molar-refractivity contribution in [1.82, 2.24) is 4.57 Å². The minimum Gasteiger partial charge on any atom is -0.323 e. The van der Waals surface area contributed by atoms with E-state index in [0.717, 1.165) is 0 Å². The van der Waals surface area contributed by atoms with Crippen molar-refractivity contribution < 1.29 is 0 Å². The lowest BCUT2D eigenvalue weighted by Crippen LogP contribution is -2.54. The molecule has 78 valence electrons. The van der Waals surface area contributed by atoms with Crippen molar-refractivity contribution in [1.29, 1.82) is 0 Å². The van der Waals surface area contributed by atoms with E-state index in [1.807, 2.05) is 0 Å². The molecule has 0 aliphatic carbocycles. The molecule has 1 fully saturated rings. The van der Waals surface area contributed by atoms with Gasteiger partial charge in [-0.2, -0.15) is 0 Å². The first-order valence-electron chi connectivity index (χ1n) is 6.04. The van der Waals surface area contributed by atoms with Crippen molar-refractivity contribution in [2.45, 2.75) is 58.2 Å². The predicted molar refractivity (Wildman–Crippen MR) is 62.6 cm³/mol. The van der Waals surface area contributed by atoms with Gasteiger partial charge in [0.2, 0.25) is 0 Å². The maximum Gasteiger partial charge on any atom is 0.127 e. The largest absolute Gasteiger partial charge is 0.323 e. The maximum absolute atomic E-state index is 2.89. The van der Waals surface area contributed by atoms with Gasteiger partial charge in [-0.3, -0.25) is 0 Å². The van der Waals surface area contributed by atoms with Crippen LogP contribution in [-0.2, 0) is 0 Å². The fourth-order valence-electron chi connectivity index (χ4n) is 2.79. The molecule has 0 spiro atoms. The van der Waals surface area contributed by atoms with Gasteiger partial charge in [-0.05, 0) is 44.1 Å². The van der Waals surface area contributed by atoms with Crippen molar-refractivity contribution in [2.24, 2.45) is 0 Å². The topological polar surface area (TPSA) is 3.24 Å². The molecule has 0 radical (unpaired) electrons. The summed E-state index contributed by atoms with van der Waals surface area (Å²) in [6, 6.07) is 4.38. The van der Waals surface area contributed by atoms with E-state index in [2.05, 4.69) is 25.3 Å². The van der Waals surface area contributed by atoms with Crippen LogP contribution in [0.25, 0.3) is 0 Å². The Morgan fingerprint density at radius 1 is 0.846 bits per heavy atom. The Labute approximate surface area is 84.6 Å². The fourth-order valence-corrected chi connectivity index (χ4v) is 6.90. The van der Waals surface area contributed by atoms with Gasteiger partial charge in [0.05, 0.1) is 0 Å². The standard InChI is InChI=1S/C11H25NSi/c1-4-13(5-2,6-3)12-10-8-7-9-11-12/h4-11H2,1-3H3. The van der Waals surface area contributed by atoms with Gasteiger partial charge < -0.3 is 4.57 Å². The maximum atomic E-state index is 2.89. The molecule has 0 N–H and O–H groups in total. The molecule has 0 aromatic rings. The second-order valence-electron chi connectivity index (χ2n) is 4.33. The van der Waals surface area contributed by atoms with E-state index in [-0.39, 0.29) is 0 Å². The third-order valence-corrected chi connectivity index (χ3v) is 9.74. The summed E-state index contributed by atoms with van der Waals surface area (Å²) in [6.07, 6.45) is 4.38. The number of hydrogen-bond acceptors (Lipinski definition) is 1. The van der Waals surface area contributed by atoms with Crippen LogP contribution in [0.3, 0.4) is 0 Å². The molecule has 1 rings (SSSR count). The third kappa shape index (κ3) is 2.35. The monoisotopic (exact) mass is 199 g/mol. The number of hydrogen-bond donors (Lipinski definition) is 0. The first-order valence-corrected chi connectivity index (χ1v) is 8.61. The van der Waals surface area contributed by atoms with Crippen LogP contribution in [0.5, 0.6) is 0 Å². The molecule has 1 aliphatic rings. The first-order chi connectivity index (χ1) is 6.29. The summed E-state index contributed by atoms with van der Waals surface area (Å²) < 4.78 is 2.89. The summed E-state index contributed by atoms with van der Waals surface area (Å²) in [4.78, 5) is 0. The Morgan fingerprint density at radius 3 is 1.69 bits per heavy atom. The average molecular weight is 199 g/mol. The Hall–Kier alpha value is 0.177. The molecule has 0 aromatic carbocycles. The highest BCUT2D eigenvalue weighted by molar-refractivity contribution is 6.77. The van der Waals surface area contributed by atoms with Crippen LogP contribution < -0.4 is 0 Å².